The van der Waals surface area contributed by atoms with Crippen LogP contribution in [0.1, 0.15) is 15.2 Å². The summed E-state index contributed by atoms with van der Waals surface area (Å²) in [4.78, 5) is 22.3. The lowest BCUT2D eigenvalue weighted by Gasteiger charge is -2.08. The highest BCUT2D eigenvalue weighted by molar-refractivity contribution is 9.10. The SMILES string of the molecule is O=C(NCCn1ncc2c(NCc3cccs3)ncnc21)c1cc(Br)ccc1Cl. The number of hydrogen-bond acceptors (Lipinski definition) is 6. The van der Waals surface area contributed by atoms with E-state index in [0.29, 0.717) is 35.9 Å². The van der Waals surface area contributed by atoms with Crippen molar-refractivity contribution in [3.05, 3.63) is 68.2 Å². The van der Waals surface area contributed by atoms with Crippen LogP contribution in [0.2, 0.25) is 5.02 Å². The van der Waals surface area contributed by atoms with E-state index in [1.807, 2.05) is 11.4 Å². The largest absolute Gasteiger partial charge is 0.364 e. The number of nitrogens with one attached hydrogen (secondary N) is 2. The number of thiophene rings is 1. The highest BCUT2D eigenvalue weighted by atomic mass is 79.9. The molecule has 3 heterocycles. The molecule has 0 unspecified atom stereocenters. The molecule has 0 saturated heterocycles. The van der Waals surface area contributed by atoms with Gasteiger partial charge in [-0.2, -0.15) is 5.10 Å². The van der Waals surface area contributed by atoms with Gasteiger partial charge in [0.05, 0.1) is 35.3 Å². The molecule has 148 valence electrons. The molecule has 1 amide bonds. The maximum atomic E-state index is 12.4. The Labute approximate surface area is 184 Å². The van der Waals surface area contributed by atoms with Crippen LogP contribution in [0, 0.1) is 0 Å². The molecule has 4 rings (SSSR count). The Morgan fingerprint density at radius 1 is 1.28 bits per heavy atom. The first-order chi connectivity index (χ1) is 14.1. The quantitative estimate of drug-likeness (QED) is 0.402. The molecule has 7 nitrogen and oxygen atoms in total. The highest BCUT2D eigenvalue weighted by Gasteiger charge is 2.12. The summed E-state index contributed by atoms with van der Waals surface area (Å²) in [6.45, 7) is 1.56. The number of amides is 1. The molecule has 0 aliphatic heterocycles. The zero-order valence-corrected chi connectivity index (χ0v) is 18.3. The topological polar surface area (TPSA) is 84.7 Å². The summed E-state index contributed by atoms with van der Waals surface area (Å²) >= 11 is 11.1. The zero-order valence-electron chi connectivity index (χ0n) is 15.1. The summed E-state index contributed by atoms with van der Waals surface area (Å²) in [7, 11) is 0. The molecule has 0 saturated carbocycles. The van der Waals surface area contributed by atoms with E-state index in [4.69, 9.17) is 11.6 Å². The molecule has 2 N–H and O–H groups in total. The minimum absolute atomic E-state index is 0.235. The molecule has 0 bridgehead atoms. The standard InChI is InChI=1S/C19H16BrClN6OS/c20-12-3-4-16(21)14(8-12)19(28)22-5-6-27-18-15(10-26-27)17(24-11-25-18)23-9-13-2-1-7-29-13/h1-4,7-8,10-11H,5-6,9H2,(H,22,28)(H,23,24,25). The molecular formula is C19H16BrClN6OS. The second-order valence-electron chi connectivity index (χ2n) is 6.14. The van der Waals surface area contributed by atoms with Crippen LogP contribution in [0.5, 0.6) is 0 Å². The summed E-state index contributed by atoms with van der Waals surface area (Å²) in [5.74, 6) is 0.500. The summed E-state index contributed by atoms with van der Waals surface area (Å²) in [6.07, 6.45) is 3.25. The van der Waals surface area contributed by atoms with Gasteiger partial charge in [-0.3, -0.25) is 4.79 Å². The number of carbonyl (C=O) groups excluding carboxylic acids is 1. The van der Waals surface area contributed by atoms with Crippen LogP contribution < -0.4 is 10.6 Å². The van der Waals surface area contributed by atoms with Gasteiger partial charge in [-0.25, -0.2) is 14.6 Å². The molecule has 0 spiro atoms. The van der Waals surface area contributed by atoms with Crippen molar-refractivity contribution in [3.8, 4) is 0 Å². The average Bonchev–Trinajstić information content (AvgIpc) is 3.38. The van der Waals surface area contributed by atoms with Crippen molar-refractivity contribution >= 4 is 61.6 Å². The monoisotopic (exact) mass is 490 g/mol. The molecule has 4 aromatic rings. The fraction of sp³-hybridized carbons (Fsp3) is 0.158. The van der Waals surface area contributed by atoms with Gasteiger partial charge >= 0.3 is 0 Å². The number of rotatable bonds is 7. The molecular weight excluding hydrogens is 476 g/mol. The molecule has 3 aromatic heterocycles. The molecule has 0 fully saturated rings. The van der Waals surface area contributed by atoms with Gasteiger partial charge in [-0.05, 0) is 29.6 Å². The first-order valence-electron chi connectivity index (χ1n) is 8.78. The Kier molecular flexibility index (Phi) is 6.08. The van der Waals surface area contributed by atoms with Crippen molar-refractivity contribution in [2.45, 2.75) is 13.1 Å². The van der Waals surface area contributed by atoms with Crippen LogP contribution in [0.15, 0.2) is 52.7 Å². The van der Waals surface area contributed by atoms with Crippen LogP contribution in [-0.4, -0.2) is 32.2 Å². The first kappa shape index (κ1) is 19.8. The van der Waals surface area contributed by atoms with E-state index in [9.17, 15) is 4.79 Å². The molecule has 0 atom stereocenters. The predicted molar refractivity (Wildman–Crippen MR) is 118 cm³/mol. The predicted octanol–water partition coefficient (Wildman–Crippen LogP) is 4.35. The van der Waals surface area contributed by atoms with Gasteiger partial charge in [0.2, 0.25) is 0 Å². The van der Waals surface area contributed by atoms with Crippen LogP contribution in [0.4, 0.5) is 5.82 Å². The summed E-state index contributed by atoms with van der Waals surface area (Å²) in [6, 6.07) is 9.26. The number of anilines is 1. The molecule has 10 heteroatoms. The van der Waals surface area contributed by atoms with Crippen LogP contribution >= 0.6 is 38.9 Å². The van der Waals surface area contributed by atoms with Crippen molar-refractivity contribution in [2.75, 3.05) is 11.9 Å². The highest BCUT2D eigenvalue weighted by Crippen LogP contribution is 2.21. The third-order valence-electron chi connectivity index (χ3n) is 4.23. The number of benzene rings is 1. The number of nitrogens with zero attached hydrogens (tertiary/aromatic N) is 4. The summed E-state index contributed by atoms with van der Waals surface area (Å²) < 4.78 is 2.54. The van der Waals surface area contributed by atoms with Gasteiger partial charge in [0.15, 0.2) is 5.65 Å². The van der Waals surface area contributed by atoms with Crippen molar-refractivity contribution in [2.24, 2.45) is 0 Å². The van der Waals surface area contributed by atoms with Crippen molar-refractivity contribution in [1.82, 2.24) is 25.1 Å². The fourth-order valence-corrected chi connectivity index (χ4v) is 4.03. The molecule has 0 radical (unpaired) electrons. The van der Waals surface area contributed by atoms with Crippen LogP contribution in [0.25, 0.3) is 11.0 Å². The first-order valence-corrected chi connectivity index (χ1v) is 10.8. The zero-order chi connectivity index (χ0) is 20.2. The summed E-state index contributed by atoms with van der Waals surface area (Å²) in [5, 5.41) is 13.9. The van der Waals surface area contributed by atoms with Crippen LogP contribution in [-0.2, 0) is 13.1 Å². The third-order valence-corrected chi connectivity index (χ3v) is 5.93. The van der Waals surface area contributed by atoms with Gasteiger partial charge in [0.25, 0.3) is 5.91 Å². The van der Waals surface area contributed by atoms with E-state index in [0.717, 1.165) is 15.7 Å². The molecule has 0 aliphatic carbocycles. The van der Waals surface area contributed by atoms with Crippen LogP contribution in [0.3, 0.4) is 0 Å². The summed E-state index contributed by atoms with van der Waals surface area (Å²) in [5.41, 5.74) is 1.14. The Balaban J connectivity index is 1.41. The number of aromatic nitrogens is 4. The maximum Gasteiger partial charge on any atom is 0.252 e. The second kappa shape index (κ2) is 8.89. The third kappa shape index (κ3) is 4.58. The molecule has 0 aliphatic rings. The Bertz CT molecular complexity index is 1150. The lowest BCUT2D eigenvalue weighted by Crippen LogP contribution is -2.27. The average molecular weight is 492 g/mol. The van der Waals surface area contributed by atoms with Gasteiger partial charge in [-0.1, -0.05) is 33.6 Å². The minimum Gasteiger partial charge on any atom is -0.364 e. The van der Waals surface area contributed by atoms with Crippen molar-refractivity contribution < 1.29 is 4.79 Å². The van der Waals surface area contributed by atoms with E-state index in [1.165, 1.54) is 11.2 Å². The normalized spacial score (nSPS) is 11.0. The van der Waals surface area contributed by atoms with E-state index >= 15 is 0 Å². The fourth-order valence-electron chi connectivity index (χ4n) is 2.82. The molecule has 29 heavy (non-hydrogen) atoms. The Morgan fingerprint density at radius 2 is 2.17 bits per heavy atom. The Hall–Kier alpha value is -2.49. The second-order valence-corrected chi connectivity index (χ2v) is 8.50. The minimum atomic E-state index is -0.235. The van der Waals surface area contributed by atoms with Gasteiger partial charge in [0, 0.05) is 15.9 Å². The number of halogens is 2. The smallest absolute Gasteiger partial charge is 0.252 e. The van der Waals surface area contributed by atoms with Gasteiger partial charge in [-0.15, -0.1) is 11.3 Å². The van der Waals surface area contributed by atoms with Gasteiger partial charge in [0.1, 0.15) is 12.1 Å². The Morgan fingerprint density at radius 3 is 3.00 bits per heavy atom. The number of carbonyl (C=O) groups is 1. The van der Waals surface area contributed by atoms with Gasteiger partial charge < -0.3 is 10.6 Å². The van der Waals surface area contributed by atoms with E-state index in [-0.39, 0.29) is 5.91 Å². The number of fused-ring (bicyclic) bond motifs is 1. The lowest BCUT2D eigenvalue weighted by molar-refractivity contribution is 0.0952. The van der Waals surface area contributed by atoms with Crippen molar-refractivity contribution in [3.63, 3.8) is 0 Å². The lowest BCUT2D eigenvalue weighted by atomic mass is 10.2. The maximum absolute atomic E-state index is 12.4. The van der Waals surface area contributed by atoms with Crippen molar-refractivity contribution in [1.29, 1.82) is 0 Å². The van der Waals surface area contributed by atoms with E-state index in [1.54, 1.807) is 40.4 Å². The van der Waals surface area contributed by atoms with E-state index < -0.39 is 0 Å². The van der Waals surface area contributed by atoms with E-state index in [2.05, 4.69) is 47.7 Å². The number of hydrogen-bond donors (Lipinski definition) is 2. The molecule has 1 aromatic carbocycles.